The summed E-state index contributed by atoms with van der Waals surface area (Å²) in [6.07, 6.45) is 4.12. The van der Waals surface area contributed by atoms with E-state index in [1.54, 1.807) is 6.07 Å². The van der Waals surface area contributed by atoms with Gasteiger partial charge in [0, 0.05) is 18.5 Å². The third-order valence-electron chi connectivity index (χ3n) is 5.37. The maximum Gasteiger partial charge on any atom is 0.272 e. The normalized spacial score (nSPS) is 24.0. The number of pyridine rings is 1. The topological polar surface area (TPSA) is 62.7 Å². The van der Waals surface area contributed by atoms with Crippen LogP contribution in [0.2, 0.25) is 0 Å². The van der Waals surface area contributed by atoms with Crippen LogP contribution >= 0.6 is 0 Å². The minimum Gasteiger partial charge on any atom is -0.477 e. The Kier molecular flexibility index (Phi) is 3.94. The summed E-state index contributed by atoms with van der Waals surface area (Å²) >= 11 is 0. The number of amides is 1. The summed E-state index contributed by atoms with van der Waals surface area (Å²) in [6.45, 7) is -0.0373. The molecule has 1 aliphatic heterocycles. The Morgan fingerprint density at radius 1 is 1.32 bits per heavy atom. The Labute approximate surface area is 145 Å². The van der Waals surface area contributed by atoms with Crippen molar-refractivity contribution in [1.29, 1.82) is 0 Å². The Bertz CT molecular complexity index is 687. The molecule has 0 unspecified atom stereocenters. The fraction of sp³-hybridized carbons (Fsp3) is 0.667. The summed E-state index contributed by atoms with van der Waals surface area (Å²) in [5.41, 5.74) is -0.258. The highest BCUT2D eigenvalue weighted by molar-refractivity contribution is 5.92. The van der Waals surface area contributed by atoms with Gasteiger partial charge in [0.1, 0.15) is 5.69 Å². The second kappa shape index (κ2) is 5.90. The number of nitrogens with zero attached hydrogens (tertiary/aromatic N) is 2. The second-order valence-corrected chi connectivity index (χ2v) is 7.52. The third-order valence-corrected chi connectivity index (χ3v) is 5.37. The minimum absolute atomic E-state index is 0.0253. The van der Waals surface area contributed by atoms with Gasteiger partial charge in [0.15, 0.2) is 0 Å². The van der Waals surface area contributed by atoms with Gasteiger partial charge in [-0.2, -0.15) is 0 Å². The maximum absolute atomic E-state index is 13.4. The fourth-order valence-corrected chi connectivity index (χ4v) is 3.36. The van der Waals surface area contributed by atoms with Crippen LogP contribution in [-0.4, -0.2) is 46.5 Å². The Morgan fingerprint density at radius 3 is 2.64 bits per heavy atom. The van der Waals surface area contributed by atoms with Crippen LogP contribution < -0.4 is 4.74 Å². The molecule has 2 aliphatic carbocycles. The molecule has 1 amide bonds. The highest BCUT2D eigenvalue weighted by Gasteiger charge is 2.42. The molecule has 25 heavy (non-hydrogen) atoms. The Hall–Kier alpha value is -1.76. The van der Waals surface area contributed by atoms with E-state index in [0.717, 1.165) is 24.2 Å². The molecule has 0 atom stereocenters. The van der Waals surface area contributed by atoms with Crippen molar-refractivity contribution < 1.29 is 23.4 Å². The van der Waals surface area contributed by atoms with Crippen molar-refractivity contribution in [3.63, 3.8) is 0 Å². The van der Waals surface area contributed by atoms with E-state index in [1.165, 1.54) is 6.07 Å². The standard InChI is InChI=1S/C18H22F2N2O3/c19-18(20)8-9-22(11-18)16(23)14-5-4-13(17(24)6-1-7-17)15(21-14)25-10-12-2-3-12/h4-5,12,24H,1-3,6-11H2. The van der Waals surface area contributed by atoms with Crippen molar-refractivity contribution in [3.8, 4) is 5.88 Å². The molecule has 1 saturated heterocycles. The molecule has 0 bridgehead atoms. The number of halogens is 2. The van der Waals surface area contributed by atoms with Gasteiger partial charge in [0.2, 0.25) is 5.88 Å². The van der Waals surface area contributed by atoms with E-state index in [2.05, 4.69) is 4.98 Å². The summed E-state index contributed by atoms with van der Waals surface area (Å²) in [4.78, 5) is 17.9. The molecular weight excluding hydrogens is 330 g/mol. The van der Waals surface area contributed by atoms with E-state index >= 15 is 0 Å². The average molecular weight is 352 g/mol. The molecule has 136 valence electrons. The van der Waals surface area contributed by atoms with Crippen LogP contribution in [0.1, 0.15) is 54.6 Å². The number of likely N-dealkylation sites (tertiary alicyclic amines) is 1. The van der Waals surface area contributed by atoms with E-state index in [9.17, 15) is 18.7 Å². The number of carbonyl (C=O) groups excluding carboxylic acids is 1. The van der Waals surface area contributed by atoms with Gasteiger partial charge in [-0.15, -0.1) is 0 Å². The summed E-state index contributed by atoms with van der Waals surface area (Å²) in [6, 6.07) is 3.17. The molecule has 0 spiro atoms. The number of aromatic nitrogens is 1. The fourth-order valence-electron chi connectivity index (χ4n) is 3.36. The molecule has 0 radical (unpaired) electrons. The summed E-state index contributed by atoms with van der Waals surface area (Å²) in [7, 11) is 0. The van der Waals surface area contributed by atoms with Gasteiger partial charge in [-0.05, 0) is 50.2 Å². The minimum atomic E-state index is -2.83. The molecule has 5 nitrogen and oxygen atoms in total. The molecule has 2 heterocycles. The first kappa shape index (κ1) is 16.7. The monoisotopic (exact) mass is 352 g/mol. The lowest BCUT2D eigenvalue weighted by Gasteiger charge is -2.37. The van der Waals surface area contributed by atoms with Gasteiger partial charge in [-0.3, -0.25) is 4.79 Å². The molecule has 1 N–H and O–H groups in total. The third kappa shape index (κ3) is 3.34. The van der Waals surface area contributed by atoms with Crippen molar-refractivity contribution >= 4 is 5.91 Å². The van der Waals surface area contributed by atoms with Crippen LogP contribution in [0.3, 0.4) is 0 Å². The lowest BCUT2D eigenvalue weighted by molar-refractivity contribution is -0.0414. The number of hydrogen-bond donors (Lipinski definition) is 1. The van der Waals surface area contributed by atoms with Gasteiger partial charge in [-0.25, -0.2) is 13.8 Å². The van der Waals surface area contributed by atoms with Crippen LogP contribution in [0, 0.1) is 5.92 Å². The molecule has 1 aromatic heterocycles. The lowest BCUT2D eigenvalue weighted by atomic mass is 9.75. The van der Waals surface area contributed by atoms with Crippen LogP contribution in [0.4, 0.5) is 8.78 Å². The van der Waals surface area contributed by atoms with E-state index < -0.39 is 24.0 Å². The molecule has 3 fully saturated rings. The highest BCUT2D eigenvalue weighted by atomic mass is 19.3. The predicted molar refractivity (Wildman–Crippen MR) is 85.7 cm³/mol. The summed E-state index contributed by atoms with van der Waals surface area (Å²) in [5, 5.41) is 10.6. The van der Waals surface area contributed by atoms with Crippen LogP contribution in [-0.2, 0) is 5.60 Å². The van der Waals surface area contributed by atoms with Crippen molar-refractivity contribution in [2.24, 2.45) is 5.92 Å². The molecule has 1 aromatic rings. The van der Waals surface area contributed by atoms with Crippen LogP contribution in [0.5, 0.6) is 5.88 Å². The van der Waals surface area contributed by atoms with Crippen LogP contribution in [0.15, 0.2) is 12.1 Å². The van der Waals surface area contributed by atoms with Gasteiger partial charge in [0.05, 0.1) is 18.8 Å². The molecule has 4 rings (SSSR count). The average Bonchev–Trinajstić information content (AvgIpc) is 3.31. The largest absolute Gasteiger partial charge is 0.477 e. The zero-order chi connectivity index (χ0) is 17.7. The highest BCUT2D eigenvalue weighted by Crippen LogP contribution is 2.44. The number of alkyl halides is 2. The molecule has 2 saturated carbocycles. The van der Waals surface area contributed by atoms with Crippen LogP contribution in [0.25, 0.3) is 0 Å². The van der Waals surface area contributed by atoms with E-state index in [1.807, 2.05) is 0 Å². The van der Waals surface area contributed by atoms with Gasteiger partial charge in [0.25, 0.3) is 11.8 Å². The number of ether oxygens (including phenoxy) is 1. The van der Waals surface area contributed by atoms with Crippen molar-refractivity contribution in [3.05, 3.63) is 23.4 Å². The van der Waals surface area contributed by atoms with E-state index in [4.69, 9.17) is 4.74 Å². The predicted octanol–water partition coefficient (Wildman–Crippen LogP) is 2.72. The second-order valence-electron chi connectivity index (χ2n) is 7.52. The Balaban J connectivity index is 1.58. The zero-order valence-corrected chi connectivity index (χ0v) is 14.0. The first-order valence-corrected chi connectivity index (χ1v) is 8.90. The van der Waals surface area contributed by atoms with Crippen molar-refractivity contribution in [1.82, 2.24) is 9.88 Å². The lowest BCUT2D eigenvalue weighted by Crippen LogP contribution is -2.35. The number of rotatable bonds is 5. The molecule has 3 aliphatic rings. The van der Waals surface area contributed by atoms with Gasteiger partial charge < -0.3 is 14.7 Å². The smallest absolute Gasteiger partial charge is 0.272 e. The molecule has 7 heteroatoms. The molecule has 0 aromatic carbocycles. The Morgan fingerprint density at radius 2 is 2.08 bits per heavy atom. The van der Waals surface area contributed by atoms with Crippen molar-refractivity contribution in [2.75, 3.05) is 19.7 Å². The molecular formula is C18H22F2N2O3. The van der Waals surface area contributed by atoms with Gasteiger partial charge in [-0.1, -0.05) is 0 Å². The van der Waals surface area contributed by atoms with E-state index in [-0.39, 0.29) is 24.5 Å². The number of carbonyl (C=O) groups is 1. The number of aliphatic hydroxyl groups is 1. The quantitative estimate of drug-likeness (QED) is 0.885. The van der Waals surface area contributed by atoms with Crippen molar-refractivity contribution in [2.45, 2.75) is 50.0 Å². The van der Waals surface area contributed by atoms with E-state index in [0.29, 0.717) is 30.9 Å². The number of hydrogen-bond acceptors (Lipinski definition) is 4. The SMILES string of the molecule is O=C(c1ccc(C2(O)CCC2)c(OCC2CC2)n1)N1CCC(F)(F)C1. The summed E-state index contributed by atoms with van der Waals surface area (Å²) < 4.78 is 32.5. The van der Waals surface area contributed by atoms with Gasteiger partial charge >= 0.3 is 0 Å². The first-order chi connectivity index (χ1) is 11.9. The summed E-state index contributed by atoms with van der Waals surface area (Å²) in [5.74, 6) is -2.57. The maximum atomic E-state index is 13.4. The zero-order valence-electron chi connectivity index (χ0n) is 14.0. The first-order valence-electron chi connectivity index (χ1n) is 8.90.